The number of amides is 1. The van der Waals surface area contributed by atoms with Gasteiger partial charge < -0.3 is 19.5 Å². The van der Waals surface area contributed by atoms with Crippen LogP contribution in [0.3, 0.4) is 0 Å². The average molecular weight is 311 g/mol. The molecule has 2 heterocycles. The number of carbonyl (C=O) groups is 1. The van der Waals surface area contributed by atoms with Crippen molar-refractivity contribution in [3.05, 3.63) is 47.5 Å². The zero-order valence-corrected chi connectivity index (χ0v) is 12.8. The van der Waals surface area contributed by atoms with Crippen molar-refractivity contribution < 1.29 is 19.0 Å². The summed E-state index contributed by atoms with van der Waals surface area (Å²) in [6.45, 7) is 3.09. The van der Waals surface area contributed by atoms with E-state index in [9.17, 15) is 4.79 Å². The van der Waals surface area contributed by atoms with Gasteiger partial charge in [-0.1, -0.05) is 0 Å². The van der Waals surface area contributed by atoms with Gasteiger partial charge in [0.1, 0.15) is 25.1 Å². The normalized spacial score (nSPS) is 18.0. The second kappa shape index (κ2) is 5.50. The lowest BCUT2D eigenvalue weighted by molar-refractivity contribution is 0.102. The Kier molecular flexibility index (Phi) is 3.33. The van der Waals surface area contributed by atoms with Gasteiger partial charge in [0.2, 0.25) is 0 Å². The number of rotatable bonds is 2. The molecule has 0 bridgehead atoms. The van der Waals surface area contributed by atoms with Gasteiger partial charge in [0.15, 0.2) is 11.5 Å². The van der Waals surface area contributed by atoms with E-state index in [-0.39, 0.29) is 12.0 Å². The Bertz CT molecular complexity index is 772. The first-order chi connectivity index (χ1) is 11.2. The molecule has 1 unspecified atom stereocenters. The fraction of sp³-hybridized carbons (Fsp3) is 0.278. The molecule has 1 N–H and O–H groups in total. The molecule has 0 saturated heterocycles. The Hall–Kier alpha value is -2.69. The van der Waals surface area contributed by atoms with Crippen molar-refractivity contribution in [3.8, 4) is 17.2 Å². The minimum Gasteiger partial charge on any atom is -0.490 e. The monoisotopic (exact) mass is 311 g/mol. The van der Waals surface area contributed by atoms with Gasteiger partial charge in [0.05, 0.1) is 0 Å². The van der Waals surface area contributed by atoms with Crippen LogP contribution in [-0.4, -0.2) is 25.2 Å². The maximum Gasteiger partial charge on any atom is 0.255 e. The van der Waals surface area contributed by atoms with Gasteiger partial charge in [-0.3, -0.25) is 4.79 Å². The number of ether oxygens (including phenoxy) is 3. The Labute approximate surface area is 134 Å². The van der Waals surface area contributed by atoms with Crippen molar-refractivity contribution in [2.24, 2.45) is 0 Å². The van der Waals surface area contributed by atoms with Crippen LogP contribution in [0.25, 0.3) is 0 Å². The van der Waals surface area contributed by atoms with Crippen LogP contribution < -0.4 is 19.5 Å². The summed E-state index contributed by atoms with van der Waals surface area (Å²) >= 11 is 0. The highest BCUT2D eigenvalue weighted by molar-refractivity contribution is 6.04. The number of carbonyl (C=O) groups excluding carboxylic acids is 1. The molecule has 2 aliphatic heterocycles. The van der Waals surface area contributed by atoms with Gasteiger partial charge in [-0.25, -0.2) is 0 Å². The van der Waals surface area contributed by atoms with Crippen molar-refractivity contribution in [2.45, 2.75) is 19.4 Å². The van der Waals surface area contributed by atoms with E-state index in [4.69, 9.17) is 14.2 Å². The van der Waals surface area contributed by atoms with Gasteiger partial charge in [0, 0.05) is 23.7 Å². The topological polar surface area (TPSA) is 56.8 Å². The highest BCUT2D eigenvalue weighted by Gasteiger charge is 2.20. The first kappa shape index (κ1) is 13.9. The Morgan fingerprint density at radius 2 is 1.83 bits per heavy atom. The fourth-order valence-corrected chi connectivity index (χ4v) is 2.89. The standard InChI is InChI=1S/C18H17NO4/c1-11-8-13-9-12(2-4-15(13)23-11)18(20)19-14-3-5-16-17(10-14)22-7-6-21-16/h2-5,9-11H,6-8H2,1H3,(H,19,20). The molecule has 0 radical (unpaired) electrons. The van der Waals surface area contributed by atoms with E-state index in [0.29, 0.717) is 36.0 Å². The predicted octanol–water partition coefficient (Wildman–Crippen LogP) is 3.03. The third kappa shape index (κ3) is 2.70. The second-order valence-electron chi connectivity index (χ2n) is 5.77. The average Bonchev–Trinajstić information content (AvgIpc) is 2.93. The minimum atomic E-state index is -0.149. The molecule has 2 aliphatic rings. The van der Waals surface area contributed by atoms with E-state index < -0.39 is 0 Å². The summed E-state index contributed by atoms with van der Waals surface area (Å²) in [5.74, 6) is 2.08. The van der Waals surface area contributed by atoms with Crippen LogP contribution >= 0.6 is 0 Å². The number of nitrogens with one attached hydrogen (secondary N) is 1. The lowest BCUT2D eigenvalue weighted by Gasteiger charge is -2.19. The summed E-state index contributed by atoms with van der Waals surface area (Å²) in [5, 5.41) is 2.90. The van der Waals surface area contributed by atoms with E-state index in [1.165, 1.54) is 0 Å². The lowest BCUT2D eigenvalue weighted by atomic mass is 10.1. The van der Waals surface area contributed by atoms with Crippen LogP contribution in [0.15, 0.2) is 36.4 Å². The largest absolute Gasteiger partial charge is 0.490 e. The predicted molar refractivity (Wildman–Crippen MR) is 85.6 cm³/mol. The molecule has 118 valence electrons. The van der Waals surface area contributed by atoms with Gasteiger partial charge in [-0.15, -0.1) is 0 Å². The van der Waals surface area contributed by atoms with Gasteiger partial charge in [-0.2, -0.15) is 0 Å². The Morgan fingerprint density at radius 1 is 1.04 bits per heavy atom. The number of hydrogen-bond donors (Lipinski definition) is 1. The molecular weight excluding hydrogens is 294 g/mol. The van der Waals surface area contributed by atoms with Gasteiger partial charge in [-0.05, 0) is 42.8 Å². The molecule has 5 heteroatoms. The third-order valence-corrected chi connectivity index (χ3v) is 3.96. The first-order valence-electron chi connectivity index (χ1n) is 7.69. The van der Waals surface area contributed by atoms with Crippen LogP contribution in [0.2, 0.25) is 0 Å². The van der Waals surface area contributed by atoms with E-state index >= 15 is 0 Å². The van der Waals surface area contributed by atoms with E-state index in [1.54, 1.807) is 12.1 Å². The molecule has 0 aliphatic carbocycles. The molecule has 2 aromatic carbocycles. The number of benzene rings is 2. The zero-order chi connectivity index (χ0) is 15.8. The third-order valence-electron chi connectivity index (χ3n) is 3.96. The molecule has 5 nitrogen and oxygen atoms in total. The van der Waals surface area contributed by atoms with Crippen LogP contribution in [0, 0.1) is 0 Å². The highest BCUT2D eigenvalue weighted by Crippen LogP contribution is 2.33. The van der Waals surface area contributed by atoms with Crippen molar-refractivity contribution in [2.75, 3.05) is 18.5 Å². The number of anilines is 1. The van der Waals surface area contributed by atoms with Crippen LogP contribution in [0.1, 0.15) is 22.8 Å². The summed E-state index contributed by atoms with van der Waals surface area (Å²) < 4.78 is 16.7. The summed E-state index contributed by atoms with van der Waals surface area (Å²) in [5.41, 5.74) is 2.38. The molecule has 4 rings (SSSR count). The van der Waals surface area contributed by atoms with Gasteiger partial charge >= 0.3 is 0 Å². The quantitative estimate of drug-likeness (QED) is 0.926. The Morgan fingerprint density at radius 3 is 2.70 bits per heavy atom. The molecule has 0 spiro atoms. The molecule has 2 aromatic rings. The fourth-order valence-electron chi connectivity index (χ4n) is 2.89. The number of hydrogen-bond acceptors (Lipinski definition) is 4. The highest BCUT2D eigenvalue weighted by atomic mass is 16.6. The molecule has 1 atom stereocenters. The van der Waals surface area contributed by atoms with Crippen LogP contribution in [-0.2, 0) is 6.42 Å². The van der Waals surface area contributed by atoms with Crippen molar-refractivity contribution in [1.82, 2.24) is 0 Å². The van der Waals surface area contributed by atoms with Gasteiger partial charge in [0.25, 0.3) is 5.91 Å². The van der Waals surface area contributed by atoms with Crippen molar-refractivity contribution >= 4 is 11.6 Å². The molecule has 1 amide bonds. The minimum absolute atomic E-state index is 0.149. The summed E-state index contributed by atoms with van der Waals surface area (Å²) in [6.07, 6.45) is 1.00. The second-order valence-corrected chi connectivity index (χ2v) is 5.77. The summed E-state index contributed by atoms with van der Waals surface area (Å²) in [6, 6.07) is 10.9. The number of fused-ring (bicyclic) bond motifs is 2. The molecular formula is C18H17NO4. The van der Waals surface area contributed by atoms with Crippen LogP contribution in [0.5, 0.6) is 17.2 Å². The van der Waals surface area contributed by atoms with E-state index in [2.05, 4.69) is 5.32 Å². The zero-order valence-electron chi connectivity index (χ0n) is 12.8. The Balaban J connectivity index is 1.53. The summed E-state index contributed by atoms with van der Waals surface area (Å²) in [7, 11) is 0. The molecule has 0 saturated carbocycles. The maximum atomic E-state index is 12.4. The van der Waals surface area contributed by atoms with Crippen LogP contribution in [0.4, 0.5) is 5.69 Å². The maximum absolute atomic E-state index is 12.4. The lowest BCUT2D eigenvalue weighted by Crippen LogP contribution is -2.16. The SMILES string of the molecule is CC1Cc2cc(C(=O)Nc3ccc4c(c3)OCCO4)ccc2O1. The molecule has 0 aromatic heterocycles. The molecule has 23 heavy (non-hydrogen) atoms. The molecule has 0 fully saturated rings. The first-order valence-corrected chi connectivity index (χ1v) is 7.69. The van der Waals surface area contributed by atoms with Crippen molar-refractivity contribution in [3.63, 3.8) is 0 Å². The van der Waals surface area contributed by atoms with E-state index in [1.807, 2.05) is 31.2 Å². The summed E-state index contributed by atoms with van der Waals surface area (Å²) in [4.78, 5) is 12.4. The van der Waals surface area contributed by atoms with E-state index in [0.717, 1.165) is 17.7 Å². The smallest absolute Gasteiger partial charge is 0.255 e. The van der Waals surface area contributed by atoms with Crippen molar-refractivity contribution in [1.29, 1.82) is 0 Å².